The summed E-state index contributed by atoms with van der Waals surface area (Å²) >= 11 is 0. The number of amides is 1. The molecule has 0 aromatic heterocycles. The Bertz CT molecular complexity index is 1670. The maximum absolute atomic E-state index is 12.8. The summed E-state index contributed by atoms with van der Waals surface area (Å²) in [6.45, 7) is 9.83. The zero-order chi connectivity index (χ0) is 44.5. The molecule has 1 amide bonds. The first-order valence-electron chi connectivity index (χ1n) is 21.8. The van der Waals surface area contributed by atoms with Crippen LogP contribution in [0.1, 0.15) is 98.8 Å². The number of allylic oxidation sites excluding steroid dienone is 2. The minimum atomic E-state index is -1.08. The molecular formula is C46H72N4O10. The Hall–Kier alpha value is -3.63. The number of fused-ring (bicyclic) bond motifs is 1. The van der Waals surface area contributed by atoms with Crippen molar-refractivity contribution in [2.45, 2.75) is 148 Å². The summed E-state index contributed by atoms with van der Waals surface area (Å²) in [5.41, 5.74) is 5.87. The lowest BCUT2D eigenvalue weighted by Crippen LogP contribution is -2.53. The summed E-state index contributed by atoms with van der Waals surface area (Å²) in [6.07, 6.45) is 12.9. The molecule has 14 nitrogen and oxygen atoms in total. The molecule has 14 heteroatoms. The first-order chi connectivity index (χ1) is 28.3. The molecule has 60 heavy (non-hydrogen) atoms. The SMILES string of the molecule is CC(=CCC(O)C=CC(C)C(O)C=CCC(O)C=CCC(O)CC1CCCN1C(=N)N)C(O)C(C)CCC1C(C)=CC2C(O)C(O)CCC2C1(C)C(O)=C1C(=O)CNC1=O. The summed E-state index contributed by atoms with van der Waals surface area (Å²) < 4.78 is 0. The fourth-order valence-corrected chi connectivity index (χ4v) is 9.89. The van der Waals surface area contributed by atoms with Crippen LogP contribution in [0.2, 0.25) is 0 Å². The molecule has 14 unspecified atom stereocenters. The van der Waals surface area contributed by atoms with Crippen LogP contribution < -0.4 is 11.1 Å². The highest BCUT2D eigenvalue weighted by atomic mass is 16.3. The number of hydrogen-bond donors (Lipinski definition) is 11. The van der Waals surface area contributed by atoms with Gasteiger partial charge in [-0.05, 0) is 101 Å². The number of guanidine groups is 1. The number of nitrogens with one attached hydrogen (secondary N) is 2. The van der Waals surface area contributed by atoms with Crippen LogP contribution in [-0.2, 0) is 9.59 Å². The molecule has 2 aliphatic heterocycles. The average Bonchev–Trinajstić information content (AvgIpc) is 3.81. The smallest absolute Gasteiger partial charge is 0.258 e. The Balaban J connectivity index is 1.26. The zero-order valence-corrected chi connectivity index (χ0v) is 36.0. The van der Waals surface area contributed by atoms with Crippen LogP contribution in [0.5, 0.6) is 0 Å². The Labute approximate surface area is 355 Å². The van der Waals surface area contributed by atoms with Crippen LogP contribution in [0.3, 0.4) is 0 Å². The maximum Gasteiger partial charge on any atom is 0.258 e. The summed E-state index contributed by atoms with van der Waals surface area (Å²) in [7, 11) is 0. The van der Waals surface area contributed by atoms with E-state index in [-0.39, 0.29) is 66.4 Å². The summed E-state index contributed by atoms with van der Waals surface area (Å²) in [5, 5.41) is 96.8. The second-order valence-electron chi connectivity index (χ2n) is 18.0. The van der Waals surface area contributed by atoms with Crippen molar-refractivity contribution < 1.29 is 50.4 Å². The number of Topliss-reactive ketones (excluding diaryl/α,β-unsaturated/α-hetero) is 1. The molecule has 14 atom stereocenters. The van der Waals surface area contributed by atoms with Crippen molar-refractivity contribution in [3.05, 3.63) is 71.1 Å². The van der Waals surface area contributed by atoms with Gasteiger partial charge in [0, 0.05) is 29.8 Å². The molecule has 12 N–H and O–H groups in total. The Morgan fingerprint density at radius 3 is 2.35 bits per heavy atom. The number of rotatable bonds is 19. The molecule has 4 aliphatic rings. The van der Waals surface area contributed by atoms with Gasteiger partial charge in [-0.2, -0.15) is 0 Å². The number of hydrogen-bond acceptors (Lipinski definition) is 11. The molecule has 0 spiro atoms. The number of aliphatic hydroxyl groups excluding tert-OH is 8. The predicted molar refractivity (Wildman–Crippen MR) is 230 cm³/mol. The van der Waals surface area contributed by atoms with Crippen molar-refractivity contribution >= 4 is 17.6 Å². The fourth-order valence-electron chi connectivity index (χ4n) is 9.89. The van der Waals surface area contributed by atoms with Gasteiger partial charge < -0.3 is 56.8 Å². The molecule has 0 bridgehead atoms. The van der Waals surface area contributed by atoms with Gasteiger partial charge in [-0.15, -0.1) is 0 Å². The lowest BCUT2D eigenvalue weighted by molar-refractivity contribution is -0.118. The van der Waals surface area contributed by atoms with Crippen LogP contribution in [-0.4, -0.2) is 125 Å². The summed E-state index contributed by atoms with van der Waals surface area (Å²) in [5.74, 6) is -3.01. The normalized spacial score (nSPS) is 32.2. The third-order valence-electron chi connectivity index (χ3n) is 13.7. The second kappa shape index (κ2) is 21.9. The van der Waals surface area contributed by atoms with E-state index in [4.69, 9.17) is 11.1 Å². The molecule has 0 aromatic rings. The number of nitrogens with two attached hydrogens (primary N) is 1. The van der Waals surface area contributed by atoms with Crippen molar-refractivity contribution in [1.29, 1.82) is 5.41 Å². The van der Waals surface area contributed by atoms with E-state index in [0.29, 0.717) is 44.1 Å². The largest absolute Gasteiger partial charge is 0.511 e. The summed E-state index contributed by atoms with van der Waals surface area (Å²) in [4.78, 5) is 27.3. The first-order valence-corrected chi connectivity index (χ1v) is 21.8. The maximum atomic E-state index is 12.8. The first kappa shape index (κ1) is 49.0. The van der Waals surface area contributed by atoms with E-state index in [9.17, 15) is 50.4 Å². The van der Waals surface area contributed by atoms with E-state index in [1.54, 1.807) is 49.5 Å². The van der Waals surface area contributed by atoms with E-state index in [1.165, 1.54) is 0 Å². The molecule has 1 saturated carbocycles. The molecule has 2 saturated heterocycles. The van der Waals surface area contributed by atoms with Gasteiger partial charge in [0.2, 0.25) is 0 Å². The van der Waals surface area contributed by atoms with Gasteiger partial charge in [-0.3, -0.25) is 15.0 Å². The molecule has 0 aromatic carbocycles. The van der Waals surface area contributed by atoms with Gasteiger partial charge in [0.1, 0.15) is 11.3 Å². The van der Waals surface area contributed by atoms with Gasteiger partial charge in [0.25, 0.3) is 5.91 Å². The number of nitrogens with zero attached hydrogens (tertiary/aromatic N) is 1. The minimum absolute atomic E-state index is 0.0272. The number of likely N-dealkylation sites (tertiary alicyclic amines) is 1. The fraction of sp³-hybridized carbons (Fsp3) is 0.674. The van der Waals surface area contributed by atoms with E-state index < -0.39 is 65.8 Å². The third-order valence-corrected chi connectivity index (χ3v) is 13.7. The predicted octanol–water partition coefficient (Wildman–Crippen LogP) is 3.22. The third kappa shape index (κ3) is 12.0. The number of carbonyl (C=O) groups is 2. The molecule has 2 heterocycles. The summed E-state index contributed by atoms with van der Waals surface area (Å²) in [6, 6.07) is 0.0535. The molecule has 4 rings (SSSR count). The molecule has 336 valence electrons. The van der Waals surface area contributed by atoms with Crippen molar-refractivity contribution in [2.75, 3.05) is 13.1 Å². The minimum Gasteiger partial charge on any atom is -0.511 e. The molecule has 3 fully saturated rings. The van der Waals surface area contributed by atoms with Crippen LogP contribution in [0.4, 0.5) is 0 Å². The van der Waals surface area contributed by atoms with Gasteiger partial charge in [0.15, 0.2) is 11.7 Å². The Kier molecular flexibility index (Phi) is 17.9. The van der Waals surface area contributed by atoms with Crippen LogP contribution >= 0.6 is 0 Å². The van der Waals surface area contributed by atoms with Crippen molar-refractivity contribution in [3.63, 3.8) is 0 Å². The highest BCUT2D eigenvalue weighted by Gasteiger charge is 2.56. The lowest BCUT2D eigenvalue weighted by Gasteiger charge is -2.54. The topological polar surface area (TPSA) is 261 Å². The van der Waals surface area contributed by atoms with Crippen LogP contribution in [0.25, 0.3) is 0 Å². The highest BCUT2D eigenvalue weighted by Crippen LogP contribution is 2.58. The van der Waals surface area contributed by atoms with Gasteiger partial charge in [0.05, 0.1) is 49.3 Å². The average molecular weight is 841 g/mol. The molecule has 0 radical (unpaired) electrons. The van der Waals surface area contributed by atoms with Gasteiger partial charge in [-0.1, -0.05) is 75.0 Å². The molecular weight excluding hydrogens is 769 g/mol. The molecule has 2 aliphatic carbocycles. The quantitative estimate of drug-likeness (QED) is 0.0224. The Morgan fingerprint density at radius 2 is 1.68 bits per heavy atom. The monoisotopic (exact) mass is 841 g/mol. The Morgan fingerprint density at radius 1 is 1.00 bits per heavy atom. The van der Waals surface area contributed by atoms with E-state index in [2.05, 4.69) is 5.32 Å². The van der Waals surface area contributed by atoms with E-state index in [1.807, 2.05) is 38.7 Å². The number of ketones is 1. The van der Waals surface area contributed by atoms with Crippen molar-refractivity contribution in [3.8, 4) is 0 Å². The van der Waals surface area contributed by atoms with Crippen molar-refractivity contribution in [1.82, 2.24) is 10.2 Å². The van der Waals surface area contributed by atoms with E-state index >= 15 is 0 Å². The second-order valence-corrected chi connectivity index (χ2v) is 18.0. The lowest BCUT2D eigenvalue weighted by atomic mass is 9.51. The number of aliphatic hydroxyl groups is 8. The van der Waals surface area contributed by atoms with Gasteiger partial charge >= 0.3 is 0 Å². The van der Waals surface area contributed by atoms with Crippen LogP contribution in [0.15, 0.2) is 71.1 Å². The van der Waals surface area contributed by atoms with Crippen LogP contribution in [0, 0.1) is 40.4 Å². The van der Waals surface area contributed by atoms with E-state index in [0.717, 1.165) is 25.0 Å². The standard InChI is InChI=1S/C46H72N4O10/c1-26(37(54)13-7-11-31(51)10-6-12-33(53)24-30-9-8-22-50(30)45(47)48)14-17-32(52)18-15-27(2)41(57)28(3)16-19-35-29(4)23-34-36(20-21-38(55)42(34)58)46(35,5)43(59)40-39(56)25-49-44(40)60/h6-7,10,13-15,17,23,26,28,30-38,41-42,51-55,57-59H,8-9,11-12,16,18-22,24-25H2,1-5H3,(H3,47,48)(H,49,60). The number of carbonyl (C=O) groups excluding carboxylic acids is 2. The van der Waals surface area contributed by atoms with Gasteiger partial charge in [-0.25, -0.2) is 0 Å². The highest BCUT2D eigenvalue weighted by molar-refractivity contribution is 6.25. The van der Waals surface area contributed by atoms with Crippen molar-refractivity contribution in [2.24, 2.45) is 40.7 Å². The zero-order valence-electron chi connectivity index (χ0n) is 36.0.